The number of nitrogens with zero attached hydrogens (tertiary/aromatic N) is 3. The largest absolute Gasteiger partial charge is 0.481 e. The van der Waals surface area contributed by atoms with Gasteiger partial charge < -0.3 is 9.64 Å². The average molecular weight is 345 g/mol. The molecule has 1 atom stereocenters. The van der Waals surface area contributed by atoms with E-state index in [9.17, 15) is 4.79 Å². The Balaban J connectivity index is 1.62. The van der Waals surface area contributed by atoms with Crippen LogP contribution in [0.4, 0.5) is 0 Å². The van der Waals surface area contributed by atoms with E-state index in [4.69, 9.17) is 4.74 Å². The van der Waals surface area contributed by atoms with Crippen LogP contribution >= 0.6 is 11.8 Å². The maximum absolute atomic E-state index is 12.9. The normalized spacial score (nSPS) is 17.3. The molecule has 1 aromatic carbocycles. The van der Waals surface area contributed by atoms with Crippen molar-refractivity contribution in [3.63, 3.8) is 0 Å². The van der Waals surface area contributed by atoms with Crippen molar-refractivity contribution in [3.8, 4) is 5.88 Å². The number of methoxy groups -OCH3 is 1. The lowest BCUT2D eigenvalue weighted by molar-refractivity contribution is 0.0784. The molecular formula is C18H23N3O2S. The Hall–Kier alpha value is -1.95. The summed E-state index contributed by atoms with van der Waals surface area (Å²) >= 11 is 1.86. The number of benzene rings is 1. The van der Waals surface area contributed by atoms with Gasteiger partial charge in [0, 0.05) is 30.8 Å². The van der Waals surface area contributed by atoms with Gasteiger partial charge in [-0.05, 0) is 31.4 Å². The molecule has 0 unspecified atom stereocenters. The second kappa shape index (κ2) is 7.30. The lowest BCUT2D eigenvalue weighted by atomic mass is 10.2. The number of hydrogen-bond donors (Lipinski definition) is 0. The summed E-state index contributed by atoms with van der Waals surface area (Å²) < 4.78 is 6.99. The van der Waals surface area contributed by atoms with E-state index in [0.29, 0.717) is 17.4 Å². The van der Waals surface area contributed by atoms with Gasteiger partial charge in [-0.25, -0.2) is 4.68 Å². The van der Waals surface area contributed by atoms with Gasteiger partial charge in [-0.15, -0.1) is 11.8 Å². The van der Waals surface area contributed by atoms with E-state index < -0.39 is 0 Å². The van der Waals surface area contributed by atoms with Gasteiger partial charge in [0.25, 0.3) is 5.91 Å². The molecule has 0 aliphatic carbocycles. The van der Waals surface area contributed by atoms with Crippen LogP contribution in [0.1, 0.15) is 22.5 Å². The van der Waals surface area contributed by atoms with E-state index in [-0.39, 0.29) is 5.91 Å². The lowest BCUT2D eigenvalue weighted by Gasteiger charge is -2.17. The second-order valence-electron chi connectivity index (χ2n) is 6.12. The zero-order valence-corrected chi connectivity index (χ0v) is 15.2. The molecule has 1 aliphatic rings. The van der Waals surface area contributed by atoms with Crippen LogP contribution in [0.5, 0.6) is 5.88 Å². The molecule has 0 radical (unpaired) electrons. The fourth-order valence-corrected chi connectivity index (χ4v) is 4.21. The first-order chi connectivity index (χ1) is 11.6. The van der Waals surface area contributed by atoms with E-state index in [1.54, 1.807) is 18.8 Å². The average Bonchev–Trinajstić information content (AvgIpc) is 3.17. The predicted molar refractivity (Wildman–Crippen MR) is 95.7 cm³/mol. The molecule has 24 heavy (non-hydrogen) atoms. The molecule has 2 heterocycles. The summed E-state index contributed by atoms with van der Waals surface area (Å²) in [5.74, 6) is 2.14. The summed E-state index contributed by atoms with van der Waals surface area (Å²) in [6.07, 6.45) is 1.05. The number of aryl methyl sites for hydroxylation is 2. The van der Waals surface area contributed by atoms with Gasteiger partial charge in [-0.2, -0.15) is 5.10 Å². The Bertz CT molecular complexity index is 715. The maximum atomic E-state index is 12.9. The molecule has 0 saturated carbocycles. The van der Waals surface area contributed by atoms with E-state index in [1.807, 2.05) is 29.7 Å². The molecular weight excluding hydrogens is 322 g/mol. The second-order valence-corrected chi connectivity index (χ2v) is 7.22. The number of amides is 1. The summed E-state index contributed by atoms with van der Waals surface area (Å²) in [6, 6.07) is 10.4. The molecule has 1 amide bonds. The van der Waals surface area contributed by atoms with Crippen LogP contribution in [-0.2, 0) is 7.05 Å². The van der Waals surface area contributed by atoms with Crippen LogP contribution in [0, 0.1) is 12.8 Å². The highest BCUT2D eigenvalue weighted by Crippen LogP contribution is 2.29. The van der Waals surface area contributed by atoms with Gasteiger partial charge in [-0.3, -0.25) is 4.79 Å². The molecule has 0 spiro atoms. The van der Waals surface area contributed by atoms with Gasteiger partial charge in [0.15, 0.2) is 0 Å². The van der Waals surface area contributed by atoms with Crippen molar-refractivity contribution in [2.24, 2.45) is 13.0 Å². The van der Waals surface area contributed by atoms with Crippen molar-refractivity contribution in [2.75, 3.05) is 26.0 Å². The third-order valence-electron chi connectivity index (χ3n) is 4.38. The zero-order valence-electron chi connectivity index (χ0n) is 14.4. The molecule has 0 bridgehead atoms. The van der Waals surface area contributed by atoms with Crippen LogP contribution in [-0.4, -0.2) is 46.5 Å². The zero-order chi connectivity index (χ0) is 17.1. The Kier molecular flexibility index (Phi) is 5.14. The van der Waals surface area contributed by atoms with Gasteiger partial charge >= 0.3 is 0 Å². The third-order valence-corrected chi connectivity index (χ3v) is 5.62. The highest BCUT2D eigenvalue weighted by Gasteiger charge is 2.31. The monoisotopic (exact) mass is 345 g/mol. The summed E-state index contributed by atoms with van der Waals surface area (Å²) in [5, 5.41) is 4.31. The molecule has 1 aliphatic heterocycles. The van der Waals surface area contributed by atoms with Crippen molar-refractivity contribution in [3.05, 3.63) is 41.6 Å². The van der Waals surface area contributed by atoms with Gasteiger partial charge in [0.2, 0.25) is 5.88 Å². The first kappa shape index (κ1) is 16.9. The maximum Gasteiger partial charge on any atom is 0.261 e. The predicted octanol–water partition coefficient (Wildman–Crippen LogP) is 2.99. The number of rotatable bonds is 5. The smallest absolute Gasteiger partial charge is 0.261 e. The van der Waals surface area contributed by atoms with Crippen molar-refractivity contribution in [1.82, 2.24) is 14.7 Å². The Labute approximate surface area is 147 Å². The fraction of sp³-hybridized carbons (Fsp3) is 0.444. The number of ether oxygens (including phenoxy) is 1. The third kappa shape index (κ3) is 3.43. The molecule has 5 nitrogen and oxygen atoms in total. The Morgan fingerprint density at radius 2 is 2.12 bits per heavy atom. The van der Waals surface area contributed by atoms with Crippen molar-refractivity contribution >= 4 is 17.7 Å². The van der Waals surface area contributed by atoms with Gasteiger partial charge in [0.05, 0.1) is 12.8 Å². The fourth-order valence-electron chi connectivity index (χ4n) is 3.16. The number of carbonyl (C=O) groups excluding carboxylic acids is 1. The van der Waals surface area contributed by atoms with Gasteiger partial charge in [-0.1, -0.05) is 18.2 Å². The highest BCUT2D eigenvalue weighted by molar-refractivity contribution is 7.99. The molecule has 1 aromatic heterocycles. The molecule has 1 fully saturated rings. The first-order valence-corrected chi connectivity index (χ1v) is 9.13. The van der Waals surface area contributed by atoms with Crippen LogP contribution < -0.4 is 4.74 Å². The van der Waals surface area contributed by atoms with Crippen LogP contribution in [0.2, 0.25) is 0 Å². The van der Waals surface area contributed by atoms with Crippen LogP contribution in [0.25, 0.3) is 0 Å². The molecule has 6 heteroatoms. The summed E-state index contributed by atoms with van der Waals surface area (Å²) in [5.41, 5.74) is 1.32. The minimum Gasteiger partial charge on any atom is -0.481 e. The van der Waals surface area contributed by atoms with Gasteiger partial charge in [0.1, 0.15) is 5.56 Å². The number of carbonyl (C=O) groups is 1. The molecule has 128 valence electrons. The molecule has 0 N–H and O–H groups in total. The topological polar surface area (TPSA) is 47.4 Å². The number of hydrogen-bond acceptors (Lipinski definition) is 4. The quantitative estimate of drug-likeness (QED) is 0.782. The number of aromatic nitrogens is 2. The standard InChI is InChI=1S/C18H23N3O2S/c1-13-16(18(23-3)20(2)19-13)17(22)21-10-9-14(11-21)12-24-15-7-5-4-6-8-15/h4-8,14H,9-12H2,1-3H3/t14-/m0/s1. The molecule has 2 aromatic rings. The van der Waals surface area contributed by atoms with E-state index >= 15 is 0 Å². The summed E-state index contributed by atoms with van der Waals surface area (Å²) in [4.78, 5) is 16.1. The minimum atomic E-state index is 0.0321. The molecule has 3 rings (SSSR count). The van der Waals surface area contributed by atoms with Crippen molar-refractivity contribution < 1.29 is 9.53 Å². The van der Waals surface area contributed by atoms with Crippen molar-refractivity contribution in [2.45, 2.75) is 18.2 Å². The first-order valence-electron chi connectivity index (χ1n) is 8.15. The highest BCUT2D eigenvalue weighted by atomic mass is 32.2. The van der Waals surface area contributed by atoms with Crippen LogP contribution in [0.3, 0.4) is 0 Å². The Morgan fingerprint density at radius 1 is 1.38 bits per heavy atom. The number of thioether (sulfide) groups is 1. The number of likely N-dealkylation sites (tertiary alicyclic amines) is 1. The minimum absolute atomic E-state index is 0.0321. The van der Waals surface area contributed by atoms with E-state index in [1.165, 1.54) is 4.90 Å². The Morgan fingerprint density at radius 3 is 2.83 bits per heavy atom. The lowest BCUT2D eigenvalue weighted by Crippen LogP contribution is -2.29. The summed E-state index contributed by atoms with van der Waals surface area (Å²) in [7, 11) is 3.38. The summed E-state index contributed by atoms with van der Waals surface area (Å²) in [6.45, 7) is 3.46. The van der Waals surface area contributed by atoms with Crippen molar-refractivity contribution in [1.29, 1.82) is 0 Å². The van der Waals surface area contributed by atoms with Crippen LogP contribution in [0.15, 0.2) is 35.2 Å². The van der Waals surface area contributed by atoms with E-state index in [2.05, 4.69) is 29.4 Å². The van der Waals surface area contributed by atoms with E-state index in [0.717, 1.165) is 31.0 Å². The molecule has 1 saturated heterocycles. The SMILES string of the molecule is COc1c(C(=O)N2CC[C@H](CSc3ccccc3)C2)c(C)nn1C.